The number of ether oxygens (including phenoxy) is 1. The Morgan fingerprint density at radius 2 is 2.00 bits per heavy atom. The average Bonchev–Trinajstić information content (AvgIpc) is 3.44. The van der Waals surface area contributed by atoms with E-state index in [1.165, 1.54) is 22.9 Å². The van der Waals surface area contributed by atoms with Gasteiger partial charge in [-0.05, 0) is 30.4 Å². The van der Waals surface area contributed by atoms with Crippen LogP contribution in [-0.4, -0.2) is 63.8 Å². The van der Waals surface area contributed by atoms with Gasteiger partial charge in [-0.1, -0.05) is 41.1 Å². The van der Waals surface area contributed by atoms with Gasteiger partial charge in [0.05, 0.1) is 13.2 Å². The summed E-state index contributed by atoms with van der Waals surface area (Å²) in [7, 11) is 1.85. The van der Waals surface area contributed by atoms with Gasteiger partial charge in [-0.2, -0.15) is 0 Å². The van der Waals surface area contributed by atoms with Crippen LogP contribution < -0.4 is 10.6 Å². The van der Waals surface area contributed by atoms with Crippen LogP contribution in [0, 0.1) is 5.92 Å². The van der Waals surface area contributed by atoms with E-state index in [0.29, 0.717) is 5.92 Å². The molecule has 2 fully saturated rings. The number of aliphatic imine (C=N–C) groups is 1. The minimum atomic E-state index is 0.247. The van der Waals surface area contributed by atoms with Crippen LogP contribution in [0.2, 0.25) is 0 Å². The Morgan fingerprint density at radius 1 is 1.27 bits per heavy atom. The zero-order chi connectivity index (χ0) is 18.4. The predicted octanol–water partition coefficient (Wildman–Crippen LogP) is 2.61. The quantitative estimate of drug-likeness (QED) is 0.523. The highest BCUT2D eigenvalue weighted by Gasteiger charge is 2.45. The molecule has 1 atom stereocenters. The van der Waals surface area contributed by atoms with Gasteiger partial charge in [0.2, 0.25) is 0 Å². The van der Waals surface area contributed by atoms with Gasteiger partial charge in [0.1, 0.15) is 0 Å². The molecule has 1 aliphatic heterocycles. The summed E-state index contributed by atoms with van der Waals surface area (Å²) in [6.07, 6.45) is 2.46. The van der Waals surface area contributed by atoms with Gasteiger partial charge >= 0.3 is 0 Å². The SMILES string of the molecule is CN=C(NCC(C)CN1CCOCC1)NCC1(c2ccccc2Br)CC1. The Kier molecular flexibility index (Phi) is 6.95. The number of morpholine rings is 1. The summed E-state index contributed by atoms with van der Waals surface area (Å²) in [5, 5.41) is 7.04. The Hall–Kier alpha value is -1.11. The molecule has 1 aromatic carbocycles. The molecule has 0 spiro atoms. The summed E-state index contributed by atoms with van der Waals surface area (Å²) < 4.78 is 6.63. The standard InChI is InChI=1S/C20H31BrN4O/c1-16(14-25-9-11-26-12-10-25)13-23-19(22-2)24-15-20(7-8-20)17-5-3-4-6-18(17)21/h3-6,16H,7-15H2,1-2H3,(H2,22,23,24). The smallest absolute Gasteiger partial charge is 0.191 e. The predicted molar refractivity (Wildman–Crippen MR) is 111 cm³/mol. The first-order valence-corrected chi connectivity index (χ1v) is 10.4. The van der Waals surface area contributed by atoms with Crippen molar-refractivity contribution >= 4 is 21.9 Å². The summed E-state index contributed by atoms with van der Waals surface area (Å²) in [6, 6.07) is 8.57. The van der Waals surface area contributed by atoms with E-state index in [-0.39, 0.29) is 5.41 Å². The number of rotatable bonds is 7. The third-order valence-corrected chi connectivity index (χ3v) is 6.10. The molecule has 5 nitrogen and oxygen atoms in total. The highest BCUT2D eigenvalue weighted by Crippen LogP contribution is 2.49. The van der Waals surface area contributed by atoms with Crippen molar-refractivity contribution in [2.45, 2.75) is 25.2 Å². The van der Waals surface area contributed by atoms with E-state index in [4.69, 9.17) is 4.74 Å². The summed E-state index contributed by atoms with van der Waals surface area (Å²) in [6.45, 7) is 9.07. The highest BCUT2D eigenvalue weighted by atomic mass is 79.9. The number of nitrogens with one attached hydrogen (secondary N) is 2. The van der Waals surface area contributed by atoms with E-state index in [1.54, 1.807) is 0 Å². The number of hydrogen-bond donors (Lipinski definition) is 2. The summed E-state index contributed by atoms with van der Waals surface area (Å²) in [4.78, 5) is 6.89. The molecule has 6 heteroatoms. The molecule has 1 saturated carbocycles. The molecular formula is C20H31BrN4O. The van der Waals surface area contributed by atoms with Crippen LogP contribution in [0.4, 0.5) is 0 Å². The molecule has 1 aliphatic carbocycles. The summed E-state index contributed by atoms with van der Waals surface area (Å²) in [5.41, 5.74) is 1.65. The van der Waals surface area contributed by atoms with Crippen LogP contribution in [0.3, 0.4) is 0 Å². The minimum absolute atomic E-state index is 0.247. The van der Waals surface area contributed by atoms with Gasteiger partial charge in [0, 0.05) is 49.7 Å². The zero-order valence-electron chi connectivity index (χ0n) is 15.9. The van der Waals surface area contributed by atoms with Gasteiger partial charge in [-0.3, -0.25) is 9.89 Å². The van der Waals surface area contributed by atoms with Gasteiger partial charge in [0.25, 0.3) is 0 Å². The van der Waals surface area contributed by atoms with Crippen molar-refractivity contribution in [3.8, 4) is 0 Å². The average molecular weight is 423 g/mol. The monoisotopic (exact) mass is 422 g/mol. The van der Waals surface area contributed by atoms with Crippen LogP contribution >= 0.6 is 15.9 Å². The lowest BCUT2D eigenvalue weighted by molar-refractivity contribution is 0.0320. The molecule has 1 aromatic rings. The van der Waals surface area contributed by atoms with E-state index in [9.17, 15) is 0 Å². The lowest BCUT2D eigenvalue weighted by atomic mass is 9.96. The second-order valence-corrected chi connectivity index (χ2v) is 8.44. The second-order valence-electron chi connectivity index (χ2n) is 7.58. The van der Waals surface area contributed by atoms with E-state index < -0.39 is 0 Å². The third kappa shape index (κ3) is 5.21. The molecule has 0 aromatic heterocycles. The maximum absolute atomic E-state index is 5.42. The Balaban J connectivity index is 1.44. The fourth-order valence-corrected chi connectivity index (χ4v) is 4.32. The van der Waals surface area contributed by atoms with Crippen molar-refractivity contribution in [2.75, 3.05) is 53.0 Å². The largest absolute Gasteiger partial charge is 0.379 e. The van der Waals surface area contributed by atoms with Crippen molar-refractivity contribution in [1.82, 2.24) is 15.5 Å². The van der Waals surface area contributed by atoms with Gasteiger partial charge in [-0.15, -0.1) is 0 Å². The summed E-state index contributed by atoms with van der Waals surface area (Å²) >= 11 is 3.71. The Morgan fingerprint density at radius 3 is 2.65 bits per heavy atom. The molecule has 0 amide bonds. The Bertz CT molecular complexity index is 612. The molecule has 1 unspecified atom stereocenters. The van der Waals surface area contributed by atoms with Crippen molar-refractivity contribution in [1.29, 1.82) is 0 Å². The molecular weight excluding hydrogens is 392 g/mol. The van der Waals surface area contributed by atoms with Crippen LogP contribution in [0.5, 0.6) is 0 Å². The normalized spacial score (nSPS) is 21.3. The second kappa shape index (κ2) is 9.20. The summed E-state index contributed by atoms with van der Waals surface area (Å²) in [5.74, 6) is 1.47. The minimum Gasteiger partial charge on any atom is -0.379 e. The third-order valence-electron chi connectivity index (χ3n) is 5.41. The molecule has 1 heterocycles. The van der Waals surface area contributed by atoms with Crippen molar-refractivity contribution < 1.29 is 4.74 Å². The Labute approximate surface area is 165 Å². The van der Waals surface area contributed by atoms with Gasteiger partial charge in [0.15, 0.2) is 5.96 Å². The van der Waals surface area contributed by atoms with E-state index >= 15 is 0 Å². The van der Waals surface area contributed by atoms with Gasteiger partial charge in [-0.25, -0.2) is 0 Å². The molecule has 1 saturated heterocycles. The number of nitrogens with zero attached hydrogens (tertiary/aromatic N) is 2. The highest BCUT2D eigenvalue weighted by molar-refractivity contribution is 9.10. The fourth-order valence-electron chi connectivity index (χ4n) is 3.62. The lowest BCUT2D eigenvalue weighted by Gasteiger charge is -2.29. The maximum atomic E-state index is 5.42. The van der Waals surface area contributed by atoms with Crippen LogP contribution in [0.25, 0.3) is 0 Å². The molecule has 2 N–H and O–H groups in total. The van der Waals surface area contributed by atoms with E-state index in [0.717, 1.165) is 51.9 Å². The van der Waals surface area contributed by atoms with Crippen LogP contribution in [0.15, 0.2) is 33.7 Å². The topological polar surface area (TPSA) is 48.9 Å². The number of halogens is 1. The lowest BCUT2D eigenvalue weighted by Crippen LogP contribution is -2.45. The van der Waals surface area contributed by atoms with Gasteiger partial charge < -0.3 is 15.4 Å². The van der Waals surface area contributed by atoms with Crippen molar-refractivity contribution in [3.05, 3.63) is 34.3 Å². The maximum Gasteiger partial charge on any atom is 0.191 e. The number of benzene rings is 1. The number of hydrogen-bond acceptors (Lipinski definition) is 3. The van der Waals surface area contributed by atoms with E-state index in [1.807, 2.05) is 7.05 Å². The number of guanidine groups is 1. The molecule has 26 heavy (non-hydrogen) atoms. The molecule has 144 valence electrons. The first-order valence-electron chi connectivity index (χ1n) is 9.62. The first kappa shape index (κ1) is 19.6. The van der Waals surface area contributed by atoms with Crippen LogP contribution in [-0.2, 0) is 10.2 Å². The fraction of sp³-hybridized carbons (Fsp3) is 0.650. The molecule has 0 radical (unpaired) electrons. The zero-order valence-corrected chi connectivity index (χ0v) is 17.5. The van der Waals surface area contributed by atoms with Crippen molar-refractivity contribution in [3.63, 3.8) is 0 Å². The molecule has 0 bridgehead atoms. The first-order chi connectivity index (χ1) is 12.6. The van der Waals surface area contributed by atoms with E-state index in [2.05, 4.69) is 67.6 Å². The molecule has 2 aliphatic rings. The molecule has 3 rings (SSSR count). The van der Waals surface area contributed by atoms with Crippen LogP contribution in [0.1, 0.15) is 25.3 Å². The van der Waals surface area contributed by atoms with Crippen molar-refractivity contribution in [2.24, 2.45) is 10.9 Å².